The molecule has 0 unspecified atom stereocenters. The highest BCUT2D eigenvalue weighted by Gasteiger charge is 2.04. The molecule has 4 heteroatoms. The van der Waals surface area contributed by atoms with Gasteiger partial charge in [0.2, 0.25) is 0 Å². The normalized spacial score (nSPS) is 10.1. The molecular weight excluding hydrogens is 264 g/mol. The van der Waals surface area contributed by atoms with Crippen molar-refractivity contribution in [3.8, 4) is 5.75 Å². The lowest BCUT2D eigenvalue weighted by molar-refractivity contribution is 0.0953. The summed E-state index contributed by atoms with van der Waals surface area (Å²) >= 11 is 0. The van der Waals surface area contributed by atoms with Crippen molar-refractivity contribution in [3.05, 3.63) is 59.7 Å². The molecule has 110 valence electrons. The van der Waals surface area contributed by atoms with E-state index in [0.717, 1.165) is 17.7 Å². The second kappa shape index (κ2) is 7.33. The van der Waals surface area contributed by atoms with Gasteiger partial charge in [-0.1, -0.05) is 25.1 Å². The average Bonchev–Trinajstić information content (AvgIpc) is 2.52. The Morgan fingerprint density at radius 3 is 2.48 bits per heavy atom. The van der Waals surface area contributed by atoms with Crippen LogP contribution in [0.3, 0.4) is 0 Å². The molecule has 2 aromatic carbocycles. The smallest absolute Gasteiger partial charge is 0.251 e. The second-order valence-electron chi connectivity index (χ2n) is 4.82. The minimum Gasteiger partial charge on any atom is -0.508 e. The van der Waals surface area contributed by atoms with Crippen molar-refractivity contribution in [3.63, 3.8) is 0 Å². The SMILES string of the molecule is CCCNC(=O)c1ccc(NCc2ccccc2O)cc1. The maximum absolute atomic E-state index is 11.8. The lowest BCUT2D eigenvalue weighted by Gasteiger charge is -2.09. The molecule has 4 nitrogen and oxygen atoms in total. The summed E-state index contributed by atoms with van der Waals surface area (Å²) in [4.78, 5) is 11.8. The molecule has 0 saturated carbocycles. The zero-order valence-corrected chi connectivity index (χ0v) is 12.1. The average molecular weight is 284 g/mol. The molecule has 0 aromatic heterocycles. The Morgan fingerprint density at radius 2 is 1.81 bits per heavy atom. The molecule has 0 radical (unpaired) electrons. The number of phenols is 1. The Hall–Kier alpha value is -2.49. The molecule has 0 aliphatic heterocycles. The third-order valence-electron chi connectivity index (χ3n) is 3.16. The molecule has 0 aliphatic carbocycles. The Balaban J connectivity index is 1.93. The Morgan fingerprint density at radius 1 is 1.10 bits per heavy atom. The number of nitrogens with one attached hydrogen (secondary N) is 2. The first-order valence-electron chi connectivity index (χ1n) is 7.09. The van der Waals surface area contributed by atoms with Crippen molar-refractivity contribution in [1.82, 2.24) is 5.32 Å². The highest BCUT2D eigenvalue weighted by atomic mass is 16.3. The summed E-state index contributed by atoms with van der Waals surface area (Å²) < 4.78 is 0. The van der Waals surface area contributed by atoms with Crippen LogP contribution in [-0.2, 0) is 6.54 Å². The summed E-state index contributed by atoms with van der Waals surface area (Å²) in [5.41, 5.74) is 2.39. The Bertz CT molecular complexity index is 594. The summed E-state index contributed by atoms with van der Waals surface area (Å²) in [5, 5.41) is 15.8. The highest BCUT2D eigenvalue weighted by molar-refractivity contribution is 5.94. The first-order chi connectivity index (χ1) is 10.2. The lowest BCUT2D eigenvalue weighted by atomic mass is 10.1. The Kier molecular flexibility index (Phi) is 5.21. The molecule has 0 spiro atoms. The third-order valence-corrected chi connectivity index (χ3v) is 3.16. The Labute approximate surface area is 124 Å². The molecule has 21 heavy (non-hydrogen) atoms. The van der Waals surface area contributed by atoms with Crippen molar-refractivity contribution < 1.29 is 9.90 Å². The van der Waals surface area contributed by atoms with Crippen LogP contribution >= 0.6 is 0 Å². The molecular formula is C17H20N2O2. The van der Waals surface area contributed by atoms with Crippen molar-refractivity contribution >= 4 is 11.6 Å². The minimum atomic E-state index is -0.0518. The first-order valence-corrected chi connectivity index (χ1v) is 7.09. The molecule has 3 N–H and O–H groups in total. The largest absolute Gasteiger partial charge is 0.508 e. The van der Waals surface area contributed by atoms with Crippen LogP contribution in [-0.4, -0.2) is 17.6 Å². The summed E-state index contributed by atoms with van der Waals surface area (Å²) in [6.45, 7) is 3.24. The van der Waals surface area contributed by atoms with Gasteiger partial charge in [0.25, 0.3) is 5.91 Å². The molecule has 2 rings (SSSR count). The van der Waals surface area contributed by atoms with Gasteiger partial charge >= 0.3 is 0 Å². The quantitative estimate of drug-likeness (QED) is 0.763. The van der Waals surface area contributed by atoms with E-state index in [9.17, 15) is 9.90 Å². The van der Waals surface area contributed by atoms with E-state index in [1.165, 1.54) is 0 Å². The van der Waals surface area contributed by atoms with Crippen molar-refractivity contribution in [2.75, 3.05) is 11.9 Å². The lowest BCUT2D eigenvalue weighted by Crippen LogP contribution is -2.23. The van der Waals surface area contributed by atoms with Crippen LogP contribution in [0.4, 0.5) is 5.69 Å². The van der Waals surface area contributed by atoms with Gasteiger partial charge in [-0.05, 0) is 36.8 Å². The van der Waals surface area contributed by atoms with Gasteiger partial charge in [-0.3, -0.25) is 4.79 Å². The monoisotopic (exact) mass is 284 g/mol. The molecule has 1 amide bonds. The number of amides is 1. The number of aromatic hydroxyl groups is 1. The molecule has 0 fully saturated rings. The summed E-state index contributed by atoms with van der Waals surface area (Å²) in [7, 11) is 0. The third kappa shape index (κ3) is 4.24. The molecule has 2 aromatic rings. The zero-order valence-electron chi connectivity index (χ0n) is 12.1. The molecule has 0 bridgehead atoms. The number of rotatable bonds is 6. The van der Waals surface area contributed by atoms with Crippen LogP contribution in [0.15, 0.2) is 48.5 Å². The molecule has 0 aliphatic rings. The topological polar surface area (TPSA) is 61.4 Å². The summed E-state index contributed by atoms with van der Waals surface area (Å²) in [6, 6.07) is 14.5. The number of carbonyl (C=O) groups is 1. The fraction of sp³-hybridized carbons (Fsp3) is 0.235. The molecule has 0 heterocycles. The van der Waals surface area contributed by atoms with E-state index in [1.54, 1.807) is 24.3 Å². The number of hydrogen-bond donors (Lipinski definition) is 3. The van der Waals surface area contributed by atoms with Gasteiger partial charge in [0.1, 0.15) is 5.75 Å². The number of benzene rings is 2. The van der Waals surface area contributed by atoms with E-state index >= 15 is 0 Å². The van der Waals surface area contributed by atoms with E-state index in [-0.39, 0.29) is 11.7 Å². The van der Waals surface area contributed by atoms with Gasteiger partial charge in [-0.15, -0.1) is 0 Å². The first kappa shape index (κ1) is 14.9. The van der Waals surface area contributed by atoms with Crippen molar-refractivity contribution in [1.29, 1.82) is 0 Å². The van der Waals surface area contributed by atoms with Crippen LogP contribution in [0.2, 0.25) is 0 Å². The van der Waals surface area contributed by atoms with Gasteiger partial charge in [0.05, 0.1) is 0 Å². The van der Waals surface area contributed by atoms with Crippen LogP contribution in [0.25, 0.3) is 0 Å². The maximum Gasteiger partial charge on any atom is 0.251 e. The highest BCUT2D eigenvalue weighted by Crippen LogP contribution is 2.17. The summed E-state index contributed by atoms with van der Waals surface area (Å²) in [5.74, 6) is 0.227. The van der Waals surface area contributed by atoms with Crippen molar-refractivity contribution in [2.45, 2.75) is 19.9 Å². The number of carbonyl (C=O) groups excluding carboxylic acids is 1. The summed E-state index contributed by atoms with van der Waals surface area (Å²) in [6.07, 6.45) is 0.923. The fourth-order valence-corrected chi connectivity index (χ4v) is 1.94. The number of phenolic OH excluding ortho intramolecular Hbond substituents is 1. The van der Waals surface area contributed by atoms with Gasteiger partial charge < -0.3 is 15.7 Å². The predicted molar refractivity (Wildman–Crippen MR) is 84.5 cm³/mol. The fourth-order valence-electron chi connectivity index (χ4n) is 1.94. The van der Waals surface area contributed by atoms with Gasteiger partial charge in [-0.25, -0.2) is 0 Å². The van der Waals surface area contributed by atoms with Crippen LogP contribution in [0.5, 0.6) is 5.75 Å². The predicted octanol–water partition coefficient (Wildman–Crippen LogP) is 3.14. The van der Waals surface area contributed by atoms with E-state index in [2.05, 4.69) is 10.6 Å². The van der Waals surface area contributed by atoms with Gasteiger partial charge in [0, 0.05) is 29.9 Å². The van der Waals surface area contributed by atoms with E-state index in [1.807, 2.05) is 31.2 Å². The number of anilines is 1. The van der Waals surface area contributed by atoms with E-state index in [0.29, 0.717) is 18.7 Å². The van der Waals surface area contributed by atoms with Gasteiger partial charge in [0.15, 0.2) is 0 Å². The molecule has 0 saturated heterocycles. The van der Waals surface area contributed by atoms with Crippen LogP contribution in [0, 0.1) is 0 Å². The number of para-hydroxylation sites is 1. The van der Waals surface area contributed by atoms with Crippen LogP contribution < -0.4 is 10.6 Å². The number of hydrogen-bond acceptors (Lipinski definition) is 3. The van der Waals surface area contributed by atoms with E-state index < -0.39 is 0 Å². The van der Waals surface area contributed by atoms with Crippen molar-refractivity contribution in [2.24, 2.45) is 0 Å². The molecule has 0 atom stereocenters. The van der Waals surface area contributed by atoms with Crippen LogP contribution in [0.1, 0.15) is 29.3 Å². The standard InChI is InChI=1S/C17H20N2O2/c1-2-11-18-17(21)13-7-9-15(10-8-13)19-12-14-5-3-4-6-16(14)20/h3-10,19-20H,2,11-12H2,1H3,(H,18,21). The second-order valence-corrected chi connectivity index (χ2v) is 4.82. The zero-order chi connectivity index (χ0) is 15.1. The minimum absolute atomic E-state index is 0.0518. The maximum atomic E-state index is 11.8. The van der Waals surface area contributed by atoms with E-state index in [4.69, 9.17) is 0 Å². The van der Waals surface area contributed by atoms with Gasteiger partial charge in [-0.2, -0.15) is 0 Å².